The van der Waals surface area contributed by atoms with Crippen LogP contribution in [0, 0.1) is 12.8 Å². The molecular weight excluding hydrogens is 256 g/mol. The SMILES string of the molecule is Cc1cnccc1NCCNC(=O)[C@H]1C[C@@H](N)[C@H](O)C1. The van der Waals surface area contributed by atoms with Crippen LogP contribution in [0.3, 0.4) is 0 Å². The molecule has 2 rings (SSSR count). The number of nitrogens with two attached hydrogens (primary N) is 1. The highest BCUT2D eigenvalue weighted by atomic mass is 16.3. The lowest BCUT2D eigenvalue weighted by molar-refractivity contribution is -0.124. The number of hydrogen-bond donors (Lipinski definition) is 4. The summed E-state index contributed by atoms with van der Waals surface area (Å²) in [6.07, 6.45) is 3.99. The molecule has 0 unspecified atom stereocenters. The minimum absolute atomic E-state index is 0.0229. The standard InChI is InChI=1S/C14H22N4O2/c1-9-8-16-3-2-12(9)17-4-5-18-14(20)10-6-11(15)13(19)7-10/h2-3,8,10-11,13,19H,4-7,15H2,1H3,(H,16,17)(H,18,20)/t10-,11+,13+/m0/s1. The molecule has 1 aromatic heterocycles. The van der Waals surface area contributed by atoms with E-state index in [1.807, 2.05) is 13.0 Å². The molecule has 0 aromatic carbocycles. The summed E-state index contributed by atoms with van der Waals surface area (Å²) in [5.41, 5.74) is 7.80. The van der Waals surface area contributed by atoms with Crippen molar-refractivity contribution in [2.24, 2.45) is 11.7 Å². The van der Waals surface area contributed by atoms with Crippen molar-refractivity contribution in [3.63, 3.8) is 0 Å². The van der Waals surface area contributed by atoms with Gasteiger partial charge in [0.1, 0.15) is 0 Å². The highest BCUT2D eigenvalue weighted by Crippen LogP contribution is 2.24. The van der Waals surface area contributed by atoms with Crippen molar-refractivity contribution in [2.75, 3.05) is 18.4 Å². The number of carbonyl (C=O) groups is 1. The molecule has 1 saturated carbocycles. The van der Waals surface area contributed by atoms with Crippen molar-refractivity contribution in [3.8, 4) is 0 Å². The first-order valence-electron chi connectivity index (χ1n) is 6.93. The minimum Gasteiger partial charge on any atom is -0.391 e. The molecule has 1 fully saturated rings. The van der Waals surface area contributed by atoms with E-state index in [0.29, 0.717) is 25.9 Å². The summed E-state index contributed by atoms with van der Waals surface area (Å²) in [7, 11) is 0. The fraction of sp³-hybridized carbons (Fsp3) is 0.571. The van der Waals surface area contributed by atoms with Gasteiger partial charge in [-0.15, -0.1) is 0 Å². The summed E-state index contributed by atoms with van der Waals surface area (Å²) in [5.74, 6) is -0.187. The van der Waals surface area contributed by atoms with Crippen LogP contribution in [0.25, 0.3) is 0 Å². The van der Waals surface area contributed by atoms with Crippen molar-refractivity contribution < 1.29 is 9.90 Å². The summed E-state index contributed by atoms with van der Waals surface area (Å²) in [6.45, 7) is 3.18. The van der Waals surface area contributed by atoms with Crippen molar-refractivity contribution in [1.29, 1.82) is 0 Å². The molecule has 0 radical (unpaired) electrons. The van der Waals surface area contributed by atoms with Crippen LogP contribution in [-0.2, 0) is 4.79 Å². The largest absolute Gasteiger partial charge is 0.391 e. The monoisotopic (exact) mass is 278 g/mol. The first-order chi connectivity index (χ1) is 9.58. The third-order valence-corrected chi connectivity index (χ3v) is 3.71. The average Bonchev–Trinajstić information content (AvgIpc) is 2.76. The first kappa shape index (κ1) is 14.7. The Labute approximate surface area is 118 Å². The van der Waals surface area contributed by atoms with Crippen LogP contribution in [0.5, 0.6) is 0 Å². The van der Waals surface area contributed by atoms with Gasteiger partial charge in [-0.05, 0) is 31.4 Å². The zero-order valence-electron chi connectivity index (χ0n) is 11.7. The second-order valence-electron chi connectivity index (χ2n) is 5.31. The predicted molar refractivity (Wildman–Crippen MR) is 77.2 cm³/mol. The number of nitrogens with zero attached hydrogens (tertiary/aromatic N) is 1. The zero-order chi connectivity index (χ0) is 14.5. The summed E-state index contributed by atoms with van der Waals surface area (Å²) in [5, 5.41) is 15.7. The lowest BCUT2D eigenvalue weighted by atomic mass is 10.1. The Morgan fingerprint density at radius 3 is 2.95 bits per heavy atom. The van der Waals surface area contributed by atoms with Crippen molar-refractivity contribution in [2.45, 2.75) is 31.9 Å². The number of amides is 1. The third-order valence-electron chi connectivity index (χ3n) is 3.71. The molecule has 5 N–H and O–H groups in total. The second-order valence-corrected chi connectivity index (χ2v) is 5.31. The van der Waals surface area contributed by atoms with E-state index in [1.54, 1.807) is 12.4 Å². The number of carbonyl (C=O) groups excluding carboxylic acids is 1. The molecule has 110 valence electrons. The number of rotatable bonds is 5. The number of aliphatic hydroxyl groups is 1. The molecule has 0 spiro atoms. The number of anilines is 1. The number of nitrogens with one attached hydrogen (secondary N) is 2. The molecule has 1 heterocycles. The van der Waals surface area contributed by atoms with Crippen LogP contribution < -0.4 is 16.4 Å². The van der Waals surface area contributed by atoms with E-state index >= 15 is 0 Å². The van der Waals surface area contributed by atoms with E-state index in [4.69, 9.17) is 5.73 Å². The van der Waals surface area contributed by atoms with E-state index in [1.165, 1.54) is 0 Å². The number of aryl methyl sites for hydroxylation is 1. The van der Waals surface area contributed by atoms with E-state index in [-0.39, 0.29) is 17.9 Å². The van der Waals surface area contributed by atoms with Gasteiger partial charge in [0, 0.05) is 43.1 Å². The van der Waals surface area contributed by atoms with Gasteiger partial charge in [0.2, 0.25) is 5.91 Å². The Balaban J connectivity index is 1.69. The van der Waals surface area contributed by atoms with Crippen LogP contribution in [0.2, 0.25) is 0 Å². The summed E-state index contributed by atoms with van der Waals surface area (Å²) >= 11 is 0. The highest BCUT2D eigenvalue weighted by molar-refractivity contribution is 5.79. The number of hydrogen-bond acceptors (Lipinski definition) is 5. The van der Waals surface area contributed by atoms with E-state index in [9.17, 15) is 9.90 Å². The van der Waals surface area contributed by atoms with E-state index in [0.717, 1.165) is 11.3 Å². The molecule has 0 saturated heterocycles. The minimum atomic E-state index is -0.552. The smallest absolute Gasteiger partial charge is 0.223 e. The van der Waals surface area contributed by atoms with Crippen LogP contribution in [0.15, 0.2) is 18.5 Å². The molecule has 6 nitrogen and oxygen atoms in total. The molecule has 1 aliphatic rings. The van der Waals surface area contributed by atoms with Gasteiger partial charge in [0.25, 0.3) is 0 Å². The topological polar surface area (TPSA) is 100 Å². The van der Waals surface area contributed by atoms with Gasteiger partial charge in [-0.1, -0.05) is 0 Å². The summed E-state index contributed by atoms with van der Waals surface area (Å²) in [4.78, 5) is 15.9. The van der Waals surface area contributed by atoms with Crippen molar-refractivity contribution in [1.82, 2.24) is 10.3 Å². The summed E-state index contributed by atoms with van der Waals surface area (Å²) < 4.78 is 0. The first-order valence-corrected chi connectivity index (χ1v) is 6.93. The number of aromatic nitrogens is 1. The molecule has 0 aliphatic heterocycles. The molecule has 1 aliphatic carbocycles. The molecule has 6 heteroatoms. The van der Waals surface area contributed by atoms with Gasteiger partial charge < -0.3 is 21.5 Å². The van der Waals surface area contributed by atoms with Crippen LogP contribution in [0.4, 0.5) is 5.69 Å². The fourth-order valence-electron chi connectivity index (χ4n) is 2.46. The maximum absolute atomic E-state index is 11.9. The lowest BCUT2D eigenvalue weighted by Gasteiger charge is -2.12. The van der Waals surface area contributed by atoms with Gasteiger partial charge in [-0.3, -0.25) is 9.78 Å². The Hall–Kier alpha value is -1.66. The molecule has 1 aromatic rings. The molecular formula is C14H22N4O2. The van der Waals surface area contributed by atoms with Gasteiger partial charge in [0.05, 0.1) is 6.10 Å². The van der Waals surface area contributed by atoms with Crippen molar-refractivity contribution >= 4 is 11.6 Å². The maximum Gasteiger partial charge on any atom is 0.223 e. The Kier molecular flexibility index (Phi) is 4.92. The number of pyridine rings is 1. The average molecular weight is 278 g/mol. The van der Waals surface area contributed by atoms with Gasteiger partial charge >= 0.3 is 0 Å². The second kappa shape index (κ2) is 6.67. The maximum atomic E-state index is 11.9. The highest BCUT2D eigenvalue weighted by Gasteiger charge is 2.34. The molecule has 20 heavy (non-hydrogen) atoms. The predicted octanol–water partition coefficient (Wildman–Crippen LogP) is 0.0163. The third kappa shape index (κ3) is 3.68. The van der Waals surface area contributed by atoms with Crippen LogP contribution >= 0.6 is 0 Å². The Morgan fingerprint density at radius 1 is 1.50 bits per heavy atom. The molecule has 1 amide bonds. The Bertz CT molecular complexity index is 456. The fourth-order valence-corrected chi connectivity index (χ4v) is 2.46. The summed E-state index contributed by atoms with van der Waals surface area (Å²) in [6, 6.07) is 1.63. The van der Waals surface area contributed by atoms with Gasteiger partial charge in [-0.2, -0.15) is 0 Å². The quantitative estimate of drug-likeness (QED) is 0.569. The Morgan fingerprint density at radius 2 is 2.30 bits per heavy atom. The van der Waals surface area contributed by atoms with E-state index < -0.39 is 6.10 Å². The lowest BCUT2D eigenvalue weighted by Crippen LogP contribution is -2.33. The number of aliphatic hydroxyl groups excluding tert-OH is 1. The van der Waals surface area contributed by atoms with Crippen molar-refractivity contribution in [3.05, 3.63) is 24.0 Å². The van der Waals surface area contributed by atoms with Crippen LogP contribution in [0.1, 0.15) is 18.4 Å². The molecule has 3 atom stereocenters. The van der Waals surface area contributed by atoms with Gasteiger partial charge in [-0.25, -0.2) is 0 Å². The van der Waals surface area contributed by atoms with Gasteiger partial charge in [0.15, 0.2) is 0 Å². The zero-order valence-corrected chi connectivity index (χ0v) is 11.7. The molecule has 0 bridgehead atoms. The van der Waals surface area contributed by atoms with E-state index in [2.05, 4.69) is 15.6 Å². The normalized spacial score (nSPS) is 25.4. The van der Waals surface area contributed by atoms with Crippen LogP contribution in [-0.4, -0.2) is 41.2 Å².